The topological polar surface area (TPSA) is 136 Å². The van der Waals surface area contributed by atoms with Crippen molar-refractivity contribution in [3.63, 3.8) is 0 Å². The van der Waals surface area contributed by atoms with E-state index in [0.717, 1.165) is 0 Å². The van der Waals surface area contributed by atoms with Crippen molar-refractivity contribution < 1.29 is 18.4 Å². The Bertz CT molecular complexity index is 965. The fraction of sp³-hybridized carbons (Fsp3) is 0.312. The van der Waals surface area contributed by atoms with Gasteiger partial charge in [0.25, 0.3) is 0 Å². The molecule has 0 bridgehead atoms. The molecule has 1 unspecified atom stereocenters. The lowest BCUT2D eigenvalue weighted by Crippen LogP contribution is -2.26. The third-order valence-corrected chi connectivity index (χ3v) is 5.05. The molecule has 27 heavy (non-hydrogen) atoms. The molecule has 0 amide bonds. The van der Waals surface area contributed by atoms with Gasteiger partial charge in [0.15, 0.2) is 11.5 Å². The summed E-state index contributed by atoms with van der Waals surface area (Å²) in [7, 11) is -2.77. The monoisotopic (exact) mass is 394 g/mol. The minimum absolute atomic E-state index is 0.0352. The van der Waals surface area contributed by atoms with Crippen LogP contribution >= 0.6 is 0 Å². The van der Waals surface area contributed by atoms with Crippen molar-refractivity contribution in [1.82, 2.24) is 20.5 Å². The van der Waals surface area contributed by atoms with E-state index < -0.39 is 15.7 Å². The Balaban J connectivity index is 2.15. The molecule has 1 atom stereocenters. The second kappa shape index (κ2) is 9.22. The van der Waals surface area contributed by atoms with E-state index in [1.807, 2.05) is 5.48 Å². The smallest absolute Gasteiger partial charge is 0.181 e. The number of aryl methyl sites for hydroxylation is 1. The summed E-state index contributed by atoms with van der Waals surface area (Å²) >= 11 is 0. The lowest BCUT2D eigenvalue weighted by Gasteiger charge is -2.06. The highest BCUT2D eigenvalue weighted by atomic mass is 32.2. The van der Waals surface area contributed by atoms with Crippen molar-refractivity contribution in [2.24, 2.45) is 4.99 Å². The van der Waals surface area contributed by atoms with E-state index in [2.05, 4.69) is 25.9 Å². The Kier molecular flexibility index (Phi) is 7.00. The number of halogens is 1. The van der Waals surface area contributed by atoms with Crippen LogP contribution in [0.2, 0.25) is 0 Å². The van der Waals surface area contributed by atoms with Crippen LogP contribution < -0.4 is 10.2 Å². The van der Waals surface area contributed by atoms with Gasteiger partial charge in [-0.15, -0.1) is 6.42 Å². The molecule has 0 aliphatic carbocycles. The molecule has 1 aromatic carbocycles. The number of terminal acetylenes is 1. The molecule has 0 fully saturated rings. The zero-order chi connectivity index (χ0) is 19.9. The molecule has 1 heterocycles. The predicted octanol–water partition coefficient (Wildman–Crippen LogP) is 1.75. The molecule has 0 aliphatic heterocycles. The number of rotatable bonds is 8. The van der Waals surface area contributed by atoms with Crippen molar-refractivity contribution in [3.05, 3.63) is 41.0 Å². The molecule has 0 saturated carbocycles. The van der Waals surface area contributed by atoms with Crippen LogP contribution in [0.1, 0.15) is 30.3 Å². The van der Waals surface area contributed by atoms with Gasteiger partial charge in [-0.05, 0) is 36.2 Å². The Morgan fingerprint density at radius 1 is 1.52 bits per heavy atom. The Morgan fingerprint density at radius 2 is 2.30 bits per heavy atom. The molecule has 0 aliphatic rings. The number of hydrogen-bond acceptors (Lipinski definition) is 7. The molecular formula is C16H19FN6O3S. The van der Waals surface area contributed by atoms with Crippen LogP contribution in [0.5, 0.6) is 0 Å². The van der Waals surface area contributed by atoms with E-state index >= 15 is 0 Å². The Morgan fingerprint density at radius 3 is 2.96 bits per heavy atom. The highest BCUT2D eigenvalue weighted by Gasteiger charge is 2.16. The van der Waals surface area contributed by atoms with E-state index in [-0.39, 0.29) is 22.8 Å². The van der Waals surface area contributed by atoms with Crippen molar-refractivity contribution in [2.45, 2.75) is 19.8 Å². The summed E-state index contributed by atoms with van der Waals surface area (Å²) in [5.74, 6) is 1.82. The first kappa shape index (κ1) is 20.5. The van der Waals surface area contributed by atoms with Crippen LogP contribution in [0.15, 0.2) is 27.8 Å². The first-order chi connectivity index (χ1) is 12.9. The highest BCUT2D eigenvalue weighted by Crippen LogP contribution is 2.18. The van der Waals surface area contributed by atoms with Crippen molar-refractivity contribution >= 4 is 21.4 Å². The van der Waals surface area contributed by atoms with Crippen molar-refractivity contribution in [3.8, 4) is 12.3 Å². The van der Waals surface area contributed by atoms with Gasteiger partial charge in [-0.25, -0.2) is 27.7 Å². The molecule has 0 saturated heterocycles. The molecule has 2 rings (SSSR count). The van der Waals surface area contributed by atoms with Gasteiger partial charge >= 0.3 is 0 Å². The van der Waals surface area contributed by atoms with Crippen LogP contribution in [0.25, 0.3) is 0 Å². The molecule has 2 aromatic rings. The maximum Gasteiger partial charge on any atom is 0.181 e. The van der Waals surface area contributed by atoms with E-state index in [1.165, 1.54) is 18.2 Å². The number of benzene rings is 1. The third-order valence-electron chi connectivity index (χ3n) is 3.57. The summed E-state index contributed by atoms with van der Waals surface area (Å²) in [6, 6.07) is 3.91. The number of nitrogens with zero attached hydrogens (tertiary/aromatic N) is 3. The standard InChI is InChI=1S/C16H19FN6O3S/c1-3-11-10-12(7-8-13(11)17)20-16(21-24)15-14(22-26-23-15)6-5-9-19-27(18,25)4-2/h1,7-8,10,24H,4-6,9H2,2H3,(H,20,21)(H2,18,19,25). The van der Waals surface area contributed by atoms with Gasteiger partial charge in [-0.1, -0.05) is 18.0 Å². The molecular weight excluding hydrogens is 375 g/mol. The molecule has 1 aromatic heterocycles. The lowest BCUT2D eigenvalue weighted by atomic mass is 10.2. The second-order valence-electron chi connectivity index (χ2n) is 5.40. The average Bonchev–Trinajstić information content (AvgIpc) is 3.13. The van der Waals surface area contributed by atoms with Gasteiger partial charge in [-0.2, -0.15) is 0 Å². The SMILES string of the molecule is C#Cc1cc(N=C(NO)c2nonc2CCCNS(=N)(=O)CC)ccc1F. The van der Waals surface area contributed by atoms with Crippen LogP contribution in [0.3, 0.4) is 0 Å². The number of amidine groups is 1. The molecule has 0 radical (unpaired) electrons. The number of hydroxylamine groups is 1. The normalized spacial score (nSPS) is 13.8. The van der Waals surface area contributed by atoms with Gasteiger partial charge < -0.3 is 0 Å². The quantitative estimate of drug-likeness (QED) is 0.177. The van der Waals surface area contributed by atoms with Gasteiger partial charge in [0.2, 0.25) is 0 Å². The number of hydrogen-bond donors (Lipinski definition) is 4. The van der Waals surface area contributed by atoms with Gasteiger partial charge in [0.05, 0.1) is 11.3 Å². The minimum atomic E-state index is -2.77. The summed E-state index contributed by atoms with van der Waals surface area (Å²) in [6.07, 6.45) is 6.12. The van der Waals surface area contributed by atoms with E-state index in [4.69, 9.17) is 15.8 Å². The highest BCUT2D eigenvalue weighted by molar-refractivity contribution is 7.90. The third kappa shape index (κ3) is 5.58. The maximum atomic E-state index is 13.5. The molecule has 11 heteroatoms. The van der Waals surface area contributed by atoms with Crippen LogP contribution in [-0.4, -0.2) is 37.9 Å². The van der Waals surface area contributed by atoms with Gasteiger partial charge in [0, 0.05) is 12.3 Å². The fourth-order valence-corrected chi connectivity index (χ4v) is 2.78. The average molecular weight is 394 g/mol. The van der Waals surface area contributed by atoms with Crippen LogP contribution in [0.4, 0.5) is 10.1 Å². The van der Waals surface area contributed by atoms with E-state index in [1.54, 1.807) is 6.92 Å². The second-order valence-corrected chi connectivity index (χ2v) is 7.62. The number of nitrogens with one attached hydrogen (secondary N) is 3. The van der Waals surface area contributed by atoms with Crippen molar-refractivity contribution in [1.29, 1.82) is 4.78 Å². The van der Waals surface area contributed by atoms with E-state index in [9.17, 15) is 13.8 Å². The zero-order valence-corrected chi connectivity index (χ0v) is 15.3. The Labute approximate surface area is 156 Å². The predicted molar refractivity (Wildman–Crippen MR) is 97.5 cm³/mol. The molecule has 144 valence electrons. The van der Waals surface area contributed by atoms with E-state index in [0.29, 0.717) is 30.8 Å². The first-order valence-electron chi connectivity index (χ1n) is 7.98. The molecule has 4 N–H and O–H groups in total. The number of aromatic nitrogens is 2. The maximum absolute atomic E-state index is 13.5. The largest absolute Gasteiger partial charge is 0.290 e. The summed E-state index contributed by atoms with van der Waals surface area (Å²) in [4.78, 5) is 4.15. The molecule has 0 spiro atoms. The fourth-order valence-electron chi connectivity index (χ4n) is 2.10. The zero-order valence-electron chi connectivity index (χ0n) is 14.5. The van der Waals surface area contributed by atoms with Crippen LogP contribution in [0, 0.1) is 22.9 Å². The van der Waals surface area contributed by atoms with Crippen LogP contribution in [-0.2, 0) is 16.3 Å². The minimum Gasteiger partial charge on any atom is -0.290 e. The van der Waals surface area contributed by atoms with Crippen molar-refractivity contribution in [2.75, 3.05) is 12.3 Å². The van der Waals surface area contributed by atoms with Gasteiger partial charge in [0.1, 0.15) is 21.4 Å². The number of aliphatic imine (C=N–C) groups is 1. The lowest BCUT2D eigenvalue weighted by molar-refractivity contribution is 0.234. The Hall–Kier alpha value is -2.81. The summed E-state index contributed by atoms with van der Waals surface area (Å²) < 4.78 is 40.0. The summed E-state index contributed by atoms with van der Waals surface area (Å²) in [5.41, 5.74) is 2.83. The van der Waals surface area contributed by atoms with Gasteiger partial charge in [-0.3, -0.25) is 10.7 Å². The summed E-state index contributed by atoms with van der Waals surface area (Å²) in [5, 5.41) is 16.9. The summed E-state index contributed by atoms with van der Waals surface area (Å²) in [6.45, 7) is 2.00. The molecule has 9 nitrogen and oxygen atoms in total. The first-order valence-corrected chi connectivity index (χ1v) is 9.70.